The summed E-state index contributed by atoms with van der Waals surface area (Å²) in [6.07, 6.45) is 0.883. The third-order valence-electron chi connectivity index (χ3n) is 4.46. The zero-order chi connectivity index (χ0) is 20.5. The molecule has 0 aliphatic rings. The van der Waals surface area contributed by atoms with Crippen LogP contribution in [-0.4, -0.2) is 34.3 Å². The number of nitrogens with one attached hydrogen (secondary N) is 1. The second kappa shape index (κ2) is 7.99. The molecule has 3 heterocycles. The van der Waals surface area contributed by atoms with E-state index in [2.05, 4.69) is 36.3 Å². The first-order valence-corrected chi connectivity index (χ1v) is 9.88. The Hall–Kier alpha value is -2.66. The molecule has 0 aliphatic heterocycles. The number of hydrogen-bond donors (Lipinski definition) is 1. The van der Waals surface area contributed by atoms with Gasteiger partial charge in [0, 0.05) is 6.20 Å². The average Bonchev–Trinajstić information content (AvgIpc) is 3.37. The molecular weight excluding hydrogens is 464 g/mol. The van der Waals surface area contributed by atoms with E-state index in [0.717, 1.165) is 11.3 Å². The molecule has 0 amide bonds. The lowest BCUT2D eigenvalue weighted by atomic mass is 10.2. The molecule has 0 atom stereocenters. The second-order valence-electron chi connectivity index (χ2n) is 6.41. The molecule has 0 unspecified atom stereocenters. The Bertz CT molecular complexity index is 1190. The van der Waals surface area contributed by atoms with Crippen LogP contribution >= 0.6 is 28.1 Å². The van der Waals surface area contributed by atoms with Gasteiger partial charge in [-0.05, 0) is 40.6 Å². The highest BCUT2D eigenvalue weighted by Crippen LogP contribution is 2.29. The van der Waals surface area contributed by atoms with Crippen LogP contribution in [0.1, 0.15) is 29.2 Å². The molecule has 0 fully saturated rings. The number of alkyl halides is 2. The standard InChI is InChI=1S/C18H16BrF2N7S/c1-11-15(19)16(17(20)21)25-27(11)10-14-23-24-18(29)28(14)13-7-22-26(9-13)8-12-5-3-2-4-6-12/h2-7,9,17H,8,10H2,1H3,(H,24,29). The van der Waals surface area contributed by atoms with Crippen molar-refractivity contribution in [2.24, 2.45) is 0 Å². The number of H-pyrrole nitrogens is 1. The summed E-state index contributed by atoms with van der Waals surface area (Å²) in [5, 5.41) is 15.4. The van der Waals surface area contributed by atoms with Gasteiger partial charge < -0.3 is 0 Å². The Labute approximate surface area is 178 Å². The summed E-state index contributed by atoms with van der Waals surface area (Å²) in [5.74, 6) is 0.535. The number of aromatic nitrogens is 7. The van der Waals surface area contributed by atoms with E-state index in [0.29, 0.717) is 27.3 Å². The molecule has 0 spiro atoms. The van der Waals surface area contributed by atoms with Crippen LogP contribution in [-0.2, 0) is 13.1 Å². The minimum absolute atomic E-state index is 0.175. The largest absolute Gasteiger partial charge is 0.283 e. The Morgan fingerprint density at radius 3 is 2.66 bits per heavy atom. The van der Waals surface area contributed by atoms with Gasteiger partial charge in [-0.1, -0.05) is 30.3 Å². The Morgan fingerprint density at radius 1 is 1.21 bits per heavy atom. The van der Waals surface area contributed by atoms with Crippen LogP contribution < -0.4 is 0 Å². The monoisotopic (exact) mass is 479 g/mol. The van der Waals surface area contributed by atoms with E-state index in [4.69, 9.17) is 12.2 Å². The molecule has 29 heavy (non-hydrogen) atoms. The fourth-order valence-corrected chi connectivity index (χ4v) is 3.72. The first kappa shape index (κ1) is 19.6. The lowest BCUT2D eigenvalue weighted by Crippen LogP contribution is -2.10. The highest BCUT2D eigenvalue weighted by Gasteiger charge is 2.21. The number of hydrogen-bond acceptors (Lipinski definition) is 4. The summed E-state index contributed by atoms with van der Waals surface area (Å²) in [6.45, 7) is 2.50. The van der Waals surface area contributed by atoms with Crippen LogP contribution in [0.15, 0.2) is 47.2 Å². The SMILES string of the molecule is Cc1c(Br)c(C(F)F)nn1Cc1n[nH]c(=S)n1-c1cnn(Cc2ccccc2)c1. The molecule has 1 N–H and O–H groups in total. The summed E-state index contributed by atoms with van der Waals surface area (Å²) in [5.41, 5.74) is 2.14. The molecule has 4 aromatic rings. The summed E-state index contributed by atoms with van der Waals surface area (Å²) in [6, 6.07) is 9.96. The van der Waals surface area contributed by atoms with Gasteiger partial charge in [0.05, 0.1) is 28.6 Å². The number of aromatic amines is 1. The molecule has 4 rings (SSSR count). The first-order chi connectivity index (χ1) is 13.9. The molecule has 150 valence electrons. The van der Waals surface area contributed by atoms with Crippen molar-refractivity contribution in [3.05, 3.63) is 74.7 Å². The van der Waals surface area contributed by atoms with Gasteiger partial charge in [-0.15, -0.1) is 0 Å². The summed E-state index contributed by atoms with van der Waals surface area (Å²) in [4.78, 5) is 0. The first-order valence-electron chi connectivity index (χ1n) is 8.68. The minimum Gasteiger partial charge on any atom is -0.267 e. The third-order valence-corrected chi connectivity index (χ3v) is 5.72. The molecule has 0 bridgehead atoms. The molecule has 0 radical (unpaired) electrons. The fraction of sp³-hybridized carbons (Fsp3) is 0.222. The maximum absolute atomic E-state index is 13.1. The normalized spacial score (nSPS) is 11.5. The van der Waals surface area contributed by atoms with Crippen LogP contribution in [0.25, 0.3) is 5.69 Å². The maximum Gasteiger partial charge on any atom is 0.283 e. The van der Waals surface area contributed by atoms with E-state index in [9.17, 15) is 8.78 Å². The summed E-state index contributed by atoms with van der Waals surface area (Å²) < 4.78 is 31.9. The van der Waals surface area contributed by atoms with Crippen molar-refractivity contribution in [2.45, 2.75) is 26.4 Å². The van der Waals surface area contributed by atoms with E-state index >= 15 is 0 Å². The van der Waals surface area contributed by atoms with Gasteiger partial charge in [0.1, 0.15) is 12.2 Å². The smallest absolute Gasteiger partial charge is 0.267 e. The summed E-state index contributed by atoms with van der Waals surface area (Å²) >= 11 is 8.55. The van der Waals surface area contributed by atoms with Gasteiger partial charge in [0.15, 0.2) is 10.6 Å². The highest BCUT2D eigenvalue weighted by molar-refractivity contribution is 9.10. The van der Waals surface area contributed by atoms with Crippen LogP contribution in [0.3, 0.4) is 0 Å². The van der Waals surface area contributed by atoms with Gasteiger partial charge in [0.25, 0.3) is 6.43 Å². The molecule has 0 saturated carbocycles. The van der Waals surface area contributed by atoms with E-state index in [1.807, 2.05) is 36.5 Å². The number of nitrogens with zero attached hydrogens (tertiary/aromatic N) is 6. The van der Waals surface area contributed by atoms with Gasteiger partial charge >= 0.3 is 0 Å². The van der Waals surface area contributed by atoms with Crippen molar-refractivity contribution < 1.29 is 8.78 Å². The van der Waals surface area contributed by atoms with Crippen molar-refractivity contribution in [2.75, 3.05) is 0 Å². The highest BCUT2D eigenvalue weighted by atomic mass is 79.9. The maximum atomic E-state index is 13.1. The zero-order valence-corrected chi connectivity index (χ0v) is 17.7. The van der Waals surface area contributed by atoms with E-state index in [-0.39, 0.29) is 12.2 Å². The molecule has 3 aromatic heterocycles. The molecule has 7 nitrogen and oxygen atoms in total. The van der Waals surface area contributed by atoms with Crippen molar-refractivity contribution >= 4 is 28.1 Å². The minimum atomic E-state index is -2.67. The molecule has 1 aromatic carbocycles. The Kier molecular flexibility index (Phi) is 5.41. The number of rotatable bonds is 6. The topological polar surface area (TPSA) is 69.2 Å². The van der Waals surface area contributed by atoms with Crippen LogP contribution in [0.2, 0.25) is 0 Å². The van der Waals surface area contributed by atoms with Crippen molar-refractivity contribution in [3.8, 4) is 5.69 Å². The molecule has 0 aliphatic carbocycles. The van der Waals surface area contributed by atoms with E-state index in [1.54, 1.807) is 22.4 Å². The van der Waals surface area contributed by atoms with Gasteiger partial charge in [-0.25, -0.2) is 8.78 Å². The summed E-state index contributed by atoms with van der Waals surface area (Å²) in [7, 11) is 0. The van der Waals surface area contributed by atoms with Crippen LogP contribution in [0, 0.1) is 11.7 Å². The predicted molar refractivity (Wildman–Crippen MR) is 109 cm³/mol. The predicted octanol–water partition coefficient (Wildman–Crippen LogP) is 4.43. The van der Waals surface area contributed by atoms with Gasteiger partial charge in [0.2, 0.25) is 0 Å². The quantitative estimate of drug-likeness (QED) is 0.415. The van der Waals surface area contributed by atoms with Crippen LogP contribution in [0.4, 0.5) is 8.78 Å². The number of benzene rings is 1. The third kappa shape index (κ3) is 3.92. The average molecular weight is 480 g/mol. The molecular formula is C18H16BrF2N7S. The van der Waals surface area contributed by atoms with Crippen LogP contribution in [0.5, 0.6) is 0 Å². The second-order valence-corrected chi connectivity index (χ2v) is 7.58. The van der Waals surface area contributed by atoms with Crippen molar-refractivity contribution in [1.29, 1.82) is 0 Å². The lowest BCUT2D eigenvalue weighted by Gasteiger charge is -2.06. The zero-order valence-electron chi connectivity index (χ0n) is 15.3. The Balaban J connectivity index is 1.64. The molecule has 0 saturated heterocycles. The van der Waals surface area contributed by atoms with Crippen molar-refractivity contribution in [3.63, 3.8) is 0 Å². The molecule has 11 heteroatoms. The fourth-order valence-electron chi connectivity index (χ4n) is 3.00. The van der Waals surface area contributed by atoms with Gasteiger partial charge in [-0.3, -0.25) is 19.0 Å². The number of halogens is 3. The van der Waals surface area contributed by atoms with Gasteiger partial charge in [-0.2, -0.15) is 15.3 Å². The Morgan fingerprint density at radius 2 is 1.97 bits per heavy atom. The lowest BCUT2D eigenvalue weighted by molar-refractivity contribution is 0.144. The van der Waals surface area contributed by atoms with Crippen molar-refractivity contribution in [1.82, 2.24) is 34.3 Å². The van der Waals surface area contributed by atoms with E-state index in [1.165, 1.54) is 4.68 Å². The van der Waals surface area contributed by atoms with E-state index < -0.39 is 6.43 Å².